The predicted octanol–water partition coefficient (Wildman–Crippen LogP) is 7.77. The molecule has 0 aliphatic heterocycles. The average molecular weight is 588 g/mol. The molecule has 1 aromatic carbocycles. The Morgan fingerprint density at radius 3 is 1.59 bits per heavy atom. The lowest BCUT2D eigenvalue weighted by atomic mass is 10.0. The Bertz CT molecular complexity index is 839. The normalized spacial score (nSPS) is 11.0. The Hall–Kier alpha value is -1.64. The summed E-state index contributed by atoms with van der Waals surface area (Å²) in [6.07, 6.45) is 18.8. The first-order chi connectivity index (χ1) is 16.4. The van der Waals surface area contributed by atoms with Gasteiger partial charge in [-0.25, -0.2) is 6.14 Å². The summed E-state index contributed by atoms with van der Waals surface area (Å²) in [5, 5.41) is 2.08. The summed E-state index contributed by atoms with van der Waals surface area (Å²) in [7, 11) is 0. The minimum Gasteiger partial charge on any atom is -0.294 e. The molecular formula is C27H42INO5. The molecule has 1 aromatic rings. The van der Waals surface area contributed by atoms with Crippen LogP contribution in [-0.2, 0) is 10.9 Å². The van der Waals surface area contributed by atoms with E-state index >= 15 is 0 Å². The highest BCUT2D eigenvalue weighted by Crippen LogP contribution is 2.27. The minimum atomic E-state index is -4.12. The fourth-order valence-electron chi connectivity index (χ4n) is 4.11. The van der Waals surface area contributed by atoms with Crippen LogP contribution in [0.25, 0.3) is 0 Å². The molecule has 0 unspecified atom stereocenters. The molecule has 0 spiro atoms. The van der Waals surface area contributed by atoms with Crippen LogP contribution < -0.4 is 5.32 Å². The minimum absolute atomic E-state index is 0.0664. The fourth-order valence-corrected chi connectivity index (χ4v) is 5.96. The summed E-state index contributed by atoms with van der Waals surface area (Å²) in [5.74, 6) is -1.64. The number of hydrogen-bond acceptors (Lipinski definition) is 5. The first kappa shape index (κ1) is 30.4. The molecule has 0 fully saturated rings. The van der Waals surface area contributed by atoms with E-state index in [0.29, 0.717) is 6.42 Å². The summed E-state index contributed by atoms with van der Waals surface area (Å²) < 4.78 is 23.5. The van der Waals surface area contributed by atoms with Crippen molar-refractivity contribution in [3.63, 3.8) is 0 Å². The van der Waals surface area contributed by atoms with Gasteiger partial charge < -0.3 is 0 Å². The molecular weight excluding hydrogens is 545 g/mol. The first-order valence-corrected chi connectivity index (χ1v) is 15.8. The number of ketones is 1. The first-order valence-electron chi connectivity index (χ1n) is 12.9. The van der Waals surface area contributed by atoms with Crippen molar-refractivity contribution >= 4 is 37.4 Å². The number of halogens is 1. The molecule has 0 saturated heterocycles. The molecule has 2 amide bonds. The van der Waals surface area contributed by atoms with Crippen LogP contribution in [0.5, 0.6) is 0 Å². The largest absolute Gasteiger partial charge is 0.342 e. The van der Waals surface area contributed by atoms with Gasteiger partial charge in [-0.05, 0) is 12.5 Å². The highest BCUT2D eigenvalue weighted by atomic mass is 127. The van der Waals surface area contributed by atoms with Gasteiger partial charge in [-0.3, -0.25) is 19.7 Å². The number of carbonyl (C=O) groups is 3. The van der Waals surface area contributed by atoms with Gasteiger partial charge in [0.25, 0.3) is 5.91 Å². The van der Waals surface area contributed by atoms with E-state index in [0.717, 1.165) is 19.3 Å². The van der Waals surface area contributed by atoms with Gasteiger partial charge in [-0.1, -0.05) is 109 Å². The Morgan fingerprint density at radius 2 is 1.15 bits per heavy atom. The number of Topliss-reactive ketones (excluding diaryl/α,β-unsaturated/α-hetero) is 1. The molecule has 192 valence electrons. The van der Waals surface area contributed by atoms with Crippen molar-refractivity contribution in [3.05, 3.63) is 32.9 Å². The smallest absolute Gasteiger partial charge is 0.294 e. The monoisotopic (exact) mass is 587 g/mol. The second-order valence-electron chi connectivity index (χ2n) is 9.02. The van der Waals surface area contributed by atoms with Crippen LogP contribution in [0.3, 0.4) is 0 Å². The van der Waals surface area contributed by atoms with E-state index < -0.39 is 31.6 Å². The van der Waals surface area contributed by atoms with Crippen LogP contribution in [0, 0.1) is 3.57 Å². The molecule has 0 saturated carbocycles. The Morgan fingerprint density at radius 1 is 0.706 bits per heavy atom. The maximum absolute atomic E-state index is 12.6. The summed E-state index contributed by atoms with van der Waals surface area (Å²) in [4.78, 5) is 36.0. The molecule has 6 nitrogen and oxygen atoms in total. The fraction of sp³-hybridized carbons (Fsp3) is 0.667. The summed E-state index contributed by atoms with van der Waals surface area (Å²) in [5.41, 5.74) is -0.0653. The van der Waals surface area contributed by atoms with E-state index in [1.54, 1.807) is 0 Å². The SMILES string of the molecule is CCCCCCCCCCCCCCCCCC(=O)c1cccc(C(=O)NC(C)=O)c1I(=O)=O. The predicted molar refractivity (Wildman–Crippen MR) is 143 cm³/mol. The third-order valence-electron chi connectivity index (χ3n) is 6.00. The Balaban J connectivity index is 2.26. The molecule has 0 aromatic heterocycles. The van der Waals surface area contributed by atoms with Gasteiger partial charge in [0.05, 0.1) is 9.13 Å². The summed E-state index contributed by atoms with van der Waals surface area (Å²) in [6, 6.07) is 4.27. The molecule has 0 radical (unpaired) electrons. The van der Waals surface area contributed by atoms with Crippen molar-refractivity contribution in [1.82, 2.24) is 5.32 Å². The van der Waals surface area contributed by atoms with Crippen LogP contribution in [0.15, 0.2) is 18.2 Å². The number of unbranched alkanes of at least 4 members (excludes halogenated alkanes) is 14. The number of rotatable bonds is 19. The summed E-state index contributed by atoms with van der Waals surface area (Å²) >= 11 is -4.12. The van der Waals surface area contributed by atoms with Crippen molar-refractivity contribution in [2.45, 2.75) is 117 Å². The summed E-state index contributed by atoms with van der Waals surface area (Å²) in [6.45, 7) is 3.42. The molecule has 0 aliphatic carbocycles. The molecule has 0 atom stereocenters. The van der Waals surface area contributed by atoms with Crippen molar-refractivity contribution in [3.8, 4) is 0 Å². The number of amides is 2. The number of hydrogen-bond donors (Lipinski definition) is 1. The third kappa shape index (κ3) is 12.7. The van der Waals surface area contributed by atoms with Gasteiger partial charge in [-0.2, -0.15) is 0 Å². The van der Waals surface area contributed by atoms with E-state index in [-0.39, 0.29) is 26.9 Å². The van der Waals surface area contributed by atoms with E-state index in [1.165, 1.54) is 95.8 Å². The van der Waals surface area contributed by atoms with Crippen molar-refractivity contribution < 1.29 is 20.5 Å². The Labute approximate surface area is 212 Å². The van der Waals surface area contributed by atoms with E-state index in [2.05, 4.69) is 12.2 Å². The highest BCUT2D eigenvalue weighted by Gasteiger charge is 2.22. The Kier molecular flexibility index (Phi) is 16.7. The molecule has 34 heavy (non-hydrogen) atoms. The van der Waals surface area contributed by atoms with Crippen molar-refractivity contribution in [2.75, 3.05) is 0 Å². The van der Waals surface area contributed by atoms with Gasteiger partial charge in [0.2, 0.25) is 5.91 Å². The van der Waals surface area contributed by atoms with Gasteiger partial charge in [0, 0.05) is 18.9 Å². The molecule has 1 rings (SSSR count). The highest BCUT2D eigenvalue weighted by molar-refractivity contribution is 14.2. The zero-order valence-electron chi connectivity index (χ0n) is 21.0. The van der Waals surface area contributed by atoms with Crippen molar-refractivity contribution in [1.29, 1.82) is 0 Å². The lowest BCUT2D eigenvalue weighted by molar-refractivity contribution is -0.118. The molecule has 1 N–H and O–H groups in total. The molecule has 7 heteroatoms. The van der Waals surface area contributed by atoms with Gasteiger partial charge in [-0.15, -0.1) is 0 Å². The standard InChI is InChI=1S/C27H42INO5/c1-3-4-5-6-7-8-9-10-11-12-13-14-15-16-17-21-25(31)23-19-18-20-24(26(23)28(33)34)27(32)29-22(2)30/h18-20H,3-17,21H2,1-2H3,(H,29,30,32). The molecule has 0 bridgehead atoms. The van der Waals surface area contributed by atoms with Gasteiger partial charge in [0.1, 0.15) is 0 Å². The third-order valence-corrected chi connectivity index (χ3v) is 8.04. The number of imide groups is 1. The maximum Gasteiger partial charge on any atom is 0.342 e. The van der Waals surface area contributed by atoms with Gasteiger partial charge in [0.15, 0.2) is 5.78 Å². The zero-order valence-corrected chi connectivity index (χ0v) is 23.1. The van der Waals surface area contributed by atoms with Crippen LogP contribution in [0.2, 0.25) is 0 Å². The van der Waals surface area contributed by atoms with E-state index in [1.807, 2.05) is 0 Å². The molecule has 0 heterocycles. The number of benzene rings is 1. The average Bonchev–Trinajstić information content (AvgIpc) is 2.80. The second kappa shape index (κ2) is 18.7. The zero-order chi connectivity index (χ0) is 25.2. The maximum atomic E-state index is 12.6. The van der Waals surface area contributed by atoms with E-state index in [4.69, 9.17) is 0 Å². The van der Waals surface area contributed by atoms with Crippen LogP contribution >= 0.6 is 19.8 Å². The quantitative estimate of drug-likeness (QED) is 0.101. The van der Waals surface area contributed by atoms with Crippen molar-refractivity contribution in [2.24, 2.45) is 0 Å². The lowest BCUT2D eigenvalue weighted by Crippen LogP contribution is -2.29. The number of nitrogens with one attached hydrogen (secondary N) is 1. The lowest BCUT2D eigenvalue weighted by Gasteiger charge is -2.08. The second-order valence-corrected chi connectivity index (χ2v) is 11.3. The van der Waals surface area contributed by atoms with E-state index in [9.17, 15) is 20.5 Å². The van der Waals surface area contributed by atoms with Crippen LogP contribution in [0.4, 0.5) is 0 Å². The van der Waals surface area contributed by atoms with Crippen LogP contribution in [-0.4, -0.2) is 17.6 Å². The number of carbonyl (C=O) groups excluding carboxylic acids is 3. The molecule has 0 aliphatic rings. The topological polar surface area (TPSA) is 97.4 Å². The van der Waals surface area contributed by atoms with Crippen LogP contribution in [0.1, 0.15) is 137 Å². The van der Waals surface area contributed by atoms with Gasteiger partial charge >= 0.3 is 19.8 Å².